The lowest BCUT2D eigenvalue weighted by Crippen LogP contribution is -3.00. The summed E-state index contributed by atoms with van der Waals surface area (Å²) in [5.41, 5.74) is 4.76. The third-order valence-corrected chi connectivity index (χ3v) is 4.39. The number of halogens is 1. The molecule has 25 heavy (non-hydrogen) atoms. The number of carbonyl (C=O) groups is 1. The molecule has 130 valence electrons. The number of carbonyl (C=O) groups excluding carboxylic acids is 1. The van der Waals surface area contributed by atoms with Gasteiger partial charge in [0, 0.05) is 18.1 Å². The highest BCUT2D eigenvalue weighted by Crippen LogP contribution is 2.14. The predicted molar refractivity (Wildman–Crippen MR) is 94.8 cm³/mol. The summed E-state index contributed by atoms with van der Waals surface area (Å²) >= 11 is 0. The molecule has 3 nitrogen and oxygen atoms in total. The lowest BCUT2D eigenvalue weighted by molar-refractivity contribution is -0.767. The van der Waals surface area contributed by atoms with Gasteiger partial charge in [0.05, 0.1) is 6.20 Å². The molecule has 0 aliphatic rings. The van der Waals surface area contributed by atoms with Gasteiger partial charge in [0.2, 0.25) is 0 Å². The van der Waals surface area contributed by atoms with Crippen molar-refractivity contribution in [3.8, 4) is 0 Å². The Hall–Kier alpha value is -2.20. The number of aryl methyl sites for hydroxylation is 2. The maximum absolute atomic E-state index is 12.6. The maximum atomic E-state index is 12.6. The number of rotatable bonds is 6. The average Bonchev–Trinajstić information content (AvgIpc) is 2.99. The molecule has 4 heteroatoms. The van der Waals surface area contributed by atoms with Gasteiger partial charge in [-0.1, -0.05) is 48.5 Å². The number of nitrogens with zero attached hydrogens (tertiary/aromatic N) is 2. The molecule has 0 atom stereocenters. The van der Waals surface area contributed by atoms with Crippen LogP contribution in [0, 0.1) is 13.8 Å². The molecule has 0 amide bonds. The summed E-state index contributed by atoms with van der Waals surface area (Å²) in [7, 11) is 0. The fraction of sp³-hybridized carbons (Fsp3) is 0.238. The SMILES string of the molecule is Cc1cccc(C)c1CC(=O)Cn1ccc[n+]1Cc1ccccc1.[Br-]. The summed E-state index contributed by atoms with van der Waals surface area (Å²) in [5.74, 6) is 0.227. The molecule has 0 saturated heterocycles. The van der Waals surface area contributed by atoms with Crippen LogP contribution in [0.2, 0.25) is 0 Å². The van der Waals surface area contributed by atoms with Crippen LogP contribution in [0.4, 0.5) is 0 Å². The van der Waals surface area contributed by atoms with E-state index in [1.54, 1.807) is 0 Å². The van der Waals surface area contributed by atoms with Crippen molar-refractivity contribution in [3.63, 3.8) is 0 Å². The van der Waals surface area contributed by atoms with Crippen LogP contribution in [0.3, 0.4) is 0 Å². The maximum Gasteiger partial charge on any atom is 0.197 e. The molecule has 2 aromatic carbocycles. The molecular formula is C21H23BrN2O. The van der Waals surface area contributed by atoms with E-state index in [9.17, 15) is 4.79 Å². The summed E-state index contributed by atoms with van der Waals surface area (Å²) in [6, 6.07) is 18.5. The molecule has 0 bridgehead atoms. The number of Topliss-reactive ketones (excluding diaryl/α,β-unsaturated/α-hetero) is 1. The molecule has 0 N–H and O–H groups in total. The zero-order valence-corrected chi connectivity index (χ0v) is 16.2. The zero-order chi connectivity index (χ0) is 16.9. The summed E-state index contributed by atoms with van der Waals surface area (Å²) in [5, 5.41) is 0. The third kappa shape index (κ3) is 4.89. The first-order chi connectivity index (χ1) is 11.6. The molecule has 0 fully saturated rings. The molecule has 0 saturated carbocycles. The highest BCUT2D eigenvalue weighted by Gasteiger charge is 2.15. The van der Waals surface area contributed by atoms with Gasteiger partial charge in [-0.25, -0.2) is 0 Å². The van der Waals surface area contributed by atoms with E-state index in [0.29, 0.717) is 13.0 Å². The molecule has 0 aliphatic carbocycles. The molecule has 0 unspecified atom stereocenters. The van der Waals surface area contributed by atoms with Crippen LogP contribution in [0.5, 0.6) is 0 Å². The molecular weight excluding hydrogens is 376 g/mol. The monoisotopic (exact) mass is 398 g/mol. The van der Waals surface area contributed by atoms with Crippen LogP contribution >= 0.6 is 0 Å². The molecule has 0 aliphatic heterocycles. The number of aromatic nitrogens is 2. The summed E-state index contributed by atoms with van der Waals surface area (Å²) in [4.78, 5) is 12.6. The topological polar surface area (TPSA) is 25.9 Å². The molecule has 1 aromatic heterocycles. The minimum atomic E-state index is 0. The first-order valence-electron chi connectivity index (χ1n) is 8.29. The standard InChI is InChI=1S/C21H23N2O.BrH/c1-17-8-6-9-18(2)21(17)14-20(24)16-23-13-7-12-22(23)15-19-10-4-3-5-11-19;/h3-13H,14-16H2,1-2H3;1H/q+1;/p-1. The second-order valence-electron chi connectivity index (χ2n) is 6.26. The molecule has 1 heterocycles. The van der Waals surface area contributed by atoms with Crippen molar-refractivity contribution in [2.75, 3.05) is 0 Å². The highest BCUT2D eigenvalue weighted by molar-refractivity contribution is 5.81. The Balaban J connectivity index is 0.00000225. The van der Waals surface area contributed by atoms with Gasteiger partial charge in [-0.3, -0.25) is 4.79 Å². The Bertz CT molecular complexity index is 820. The Morgan fingerprint density at radius 1 is 0.960 bits per heavy atom. The van der Waals surface area contributed by atoms with Gasteiger partial charge in [-0.05, 0) is 30.5 Å². The Labute approximate surface area is 159 Å². The number of benzene rings is 2. The summed E-state index contributed by atoms with van der Waals surface area (Å²) in [6.07, 6.45) is 4.47. The van der Waals surface area contributed by atoms with Gasteiger partial charge in [0.25, 0.3) is 0 Å². The van der Waals surface area contributed by atoms with Crippen molar-refractivity contribution in [1.82, 2.24) is 4.68 Å². The molecule has 0 radical (unpaired) electrons. The third-order valence-electron chi connectivity index (χ3n) is 4.39. The largest absolute Gasteiger partial charge is 1.00 e. The fourth-order valence-electron chi connectivity index (χ4n) is 3.03. The van der Waals surface area contributed by atoms with Crippen LogP contribution in [0.1, 0.15) is 22.3 Å². The highest BCUT2D eigenvalue weighted by atomic mass is 79.9. The first kappa shape index (κ1) is 19.1. The Kier molecular flexibility index (Phi) is 6.71. The van der Waals surface area contributed by atoms with E-state index in [4.69, 9.17) is 0 Å². The lowest BCUT2D eigenvalue weighted by atomic mass is 9.98. The zero-order valence-electron chi connectivity index (χ0n) is 14.7. The van der Waals surface area contributed by atoms with E-state index >= 15 is 0 Å². The van der Waals surface area contributed by atoms with Gasteiger partial charge in [0.1, 0.15) is 6.54 Å². The molecule has 0 spiro atoms. The van der Waals surface area contributed by atoms with Crippen LogP contribution in [0.15, 0.2) is 67.0 Å². The van der Waals surface area contributed by atoms with E-state index < -0.39 is 0 Å². The van der Waals surface area contributed by atoms with Crippen molar-refractivity contribution in [2.45, 2.75) is 33.4 Å². The normalized spacial score (nSPS) is 10.3. The second-order valence-corrected chi connectivity index (χ2v) is 6.26. The predicted octanol–water partition coefficient (Wildman–Crippen LogP) is 0.257. The van der Waals surface area contributed by atoms with E-state index in [-0.39, 0.29) is 22.8 Å². The number of hydrogen-bond acceptors (Lipinski definition) is 1. The molecule has 3 rings (SSSR count). The minimum absolute atomic E-state index is 0. The van der Waals surface area contributed by atoms with Crippen molar-refractivity contribution >= 4 is 5.78 Å². The van der Waals surface area contributed by atoms with Crippen molar-refractivity contribution in [1.29, 1.82) is 0 Å². The van der Waals surface area contributed by atoms with Gasteiger partial charge in [-0.15, -0.1) is 4.68 Å². The van der Waals surface area contributed by atoms with Crippen LogP contribution < -0.4 is 21.7 Å². The summed E-state index contributed by atoms with van der Waals surface area (Å²) < 4.78 is 4.07. The van der Waals surface area contributed by atoms with Crippen LogP contribution in [0.25, 0.3) is 0 Å². The van der Waals surface area contributed by atoms with E-state index in [1.165, 1.54) is 16.7 Å². The van der Waals surface area contributed by atoms with E-state index in [0.717, 1.165) is 12.1 Å². The summed E-state index contributed by atoms with van der Waals surface area (Å²) in [6.45, 7) is 5.31. The smallest absolute Gasteiger partial charge is 0.197 e. The van der Waals surface area contributed by atoms with Gasteiger partial charge >= 0.3 is 0 Å². The van der Waals surface area contributed by atoms with Gasteiger partial charge in [-0.2, -0.15) is 4.68 Å². The van der Waals surface area contributed by atoms with Gasteiger partial charge in [0.15, 0.2) is 18.5 Å². The van der Waals surface area contributed by atoms with Crippen molar-refractivity contribution in [3.05, 3.63) is 89.2 Å². The quantitative estimate of drug-likeness (QED) is 0.546. The van der Waals surface area contributed by atoms with Crippen LogP contribution in [-0.4, -0.2) is 10.5 Å². The Morgan fingerprint density at radius 3 is 2.32 bits per heavy atom. The van der Waals surface area contributed by atoms with Crippen molar-refractivity contribution < 1.29 is 26.5 Å². The van der Waals surface area contributed by atoms with E-state index in [2.05, 4.69) is 42.8 Å². The van der Waals surface area contributed by atoms with Crippen LogP contribution in [-0.2, 0) is 24.3 Å². The van der Waals surface area contributed by atoms with Gasteiger partial charge < -0.3 is 17.0 Å². The lowest BCUT2D eigenvalue weighted by Gasteiger charge is -2.09. The Morgan fingerprint density at radius 2 is 1.64 bits per heavy atom. The average molecular weight is 399 g/mol. The van der Waals surface area contributed by atoms with E-state index in [1.807, 2.05) is 47.4 Å². The first-order valence-corrected chi connectivity index (χ1v) is 8.29. The number of hydrogen-bond donors (Lipinski definition) is 0. The molecule has 3 aromatic rings. The minimum Gasteiger partial charge on any atom is -1.00 e. The fourth-order valence-corrected chi connectivity index (χ4v) is 3.03. The number of ketones is 1. The second kappa shape index (κ2) is 8.77. The van der Waals surface area contributed by atoms with Crippen molar-refractivity contribution in [2.24, 2.45) is 0 Å².